The summed E-state index contributed by atoms with van der Waals surface area (Å²) in [6.07, 6.45) is -0.0932. The van der Waals surface area contributed by atoms with Crippen molar-refractivity contribution in [1.82, 2.24) is 4.90 Å². The Balaban J connectivity index is 2.07. The van der Waals surface area contributed by atoms with Crippen LogP contribution in [0.1, 0.15) is 22.3 Å². The topological polar surface area (TPSA) is 29.5 Å². The van der Waals surface area contributed by atoms with Crippen LogP contribution >= 0.6 is 15.9 Å². The summed E-state index contributed by atoms with van der Waals surface area (Å²) in [5, 5.41) is 0. The normalized spacial score (nSPS) is 20.1. The van der Waals surface area contributed by atoms with E-state index in [1.165, 1.54) is 7.11 Å². The Morgan fingerprint density at radius 3 is 2.94 bits per heavy atom. The number of alkyl halides is 1. The van der Waals surface area contributed by atoms with Crippen LogP contribution in [0, 0.1) is 0 Å². The van der Waals surface area contributed by atoms with Crippen molar-refractivity contribution in [1.29, 1.82) is 0 Å². The monoisotopic (exact) mass is 315 g/mol. The van der Waals surface area contributed by atoms with Gasteiger partial charge in [0.1, 0.15) is 6.17 Å². The van der Waals surface area contributed by atoms with Crippen molar-refractivity contribution >= 4 is 21.9 Å². The largest absolute Gasteiger partial charge is 0.465 e. The van der Waals surface area contributed by atoms with Gasteiger partial charge in [0.15, 0.2) is 0 Å². The fourth-order valence-electron chi connectivity index (χ4n) is 2.12. The molecule has 0 amide bonds. The van der Waals surface area contributed by atoms with E-state index >= 15 is 0 Å². The SMILES string of the molecule is COC(=O)c1ccc(CN2CCC(F)C2)cc1Br. The molecule has 0 bridgehead atoms. The molecule has 1 aliphatic heterocycles. The predicted molar refractivity (Wildman–Crippen MR) is 70.3 cm³/mol. The predicted octanol–water partition coefficient (Wildman–Crippen LogP) is 2.78. The highest BCUT2D eigenvalue weighted by atomic mass is 79.9. The van der Waals surface area contributed by atoms with E-state index < -0.39 is 6.17 Å². The zero-order valence-corrected chi connectivity index (χ0v) is 11.7. The summed E-state index contributed by atoms with van der Waals surface area (Å²) in [4.78, 5) is 13.5. The molecule has 1 fully saturated rings. The first-order valence-corrected chi connectivity index (χ1v) is 6.62. The fraction of sp³-hybridized carbons (Fsp3) is 0.462. The molecule has 18 heavy (non-hydrogen) atoms. The van der Waals surface area contributed by atoms with Gasteiger partial charge in [-0.25, -0.2) is 9.18 Å². The molecule has 0 aromatic heterocycles. The third-order valence-electron chi connectivity index (χ3n) is 3.06. The number of esters is 1. The number of carbonyl (C=O) groups is 1. The molecular weight excluding hydrogens is 301 g/mol. The van der Waals surface area contributed by atoms with Crippen molar-refractivity contribution in [2.75, 3.05) is 20.2 Å². The molecule has 2 rings (SSSR count). The Kier molecular flexibility index (Phi) is 4.35. The maximum Gasteiger partial charge on any atom is 0.338 e. The number of rotatable bonds is 3. The van der Waals surface area contributed by atoms with Crippen molar-refractivity contribution < 1.29 is 13.9 Å². The number of nitrogens with zero attached hydrogens (tertiary/aromatic N) is 1. The molecule has 1 atom stereocenters. The average molecular weight is 316 g/mol. The first-order valence-electron chi connectivity index (χ1n) is 5.83. The summed E-state index contributed by atoms with van der Waals surface area (Å²) in [7, 11) is 1.36. The molecule has 1 aromatic rings. The molecule has 1 saturated heterocycles. The number of ether oxygens (including phenoxy) is 1. The van der Waals surface area contributed by atoms with Gasteiger partial charge < -0.3 is 4.74 Å². The summed E-state index contributed by atoms with van der Waals surface area (Å²) in [5.74, 6) is -0.363. The molecule has 3 nitrogen and oxygen atoms in total. The van der Waals surface area contributed by atoms with E-state index in [2.05, 4.69) is 25.6 Å². The highest BCUT2D eigenvalue weighted by molar-refractivity contribution is 9.10. The number of halogens is 2. The van der Waals surface area contributed by atoms with Gasteiger partial charge in [-0.05, 0) is 40.0 Å². The summed E-state index contributed by atoms with van der Waals surface area (Å²) in [6.45, 7) is 1.99. The minimum absolute atomic E-state index is 0.363. The zero-order chi connectivity index (χ0) is 13.1. The minimum atomic E-state index is -0.706. The molecule has 98 valence electrons. The summed E-state index contributed by atoms with van der Waals surface area (Å²) in [5.41, 5.74) is 1.56. The van der Waals surface area contributed by atoms with E-state index in [1.54, 1.807) is 6.07 Å². The van der Waals surface area contributed by atoms with Gasteiger partial charge in [0.05, 0.1) is 12.7 Å². The second-order valence-corrected chi connectivity index (χ2v) is 5.28. The molecule has 0 aliphatic carbocycles. The molecular formula is C13H15BrFNO2. The summed E-state index contributed by atoms with van der Waals surface area (Å²) in [6, 6.07) is 5.49. The molecule has 1 heterocycles. The van der Waals surface area contributed by atoms with E-state index in [4.69, 9.17) is 0 Å². The fourth-order valence-corrected chi connectivity index (χ4v) is 2.71. The van der Waals surface area contributed by atoms with Gasteiger partial charge in [0.2, 0.25) is 0 Å². The van der Waals surface area contributed by atoms with Gasteiger partial charge in [-0.2, -0.15) is 0 Å². The lowest BCUT2D eigenvalue weighted by Gasteiger charge is -2.15. The van der Waals surface area contributed by atoms with E-state index in [0.717, 1.165) is 12.1 Å². The summed E-state index contributed by atoms with van der Waals surface area (Å²) < 4.78 is 18.4. The van der Waals surface area contributed by atoms with Crippen molar-refractivity contribution in [2.24, 2.45) is 0 Å². The zero-order valence-electron chi connectivity index (χ0n) is 10.2. The van der Waals surface area contributed by atoms with Crippen LogP contribution < -0.4 is 0 Å². The van der Waals surface area contributed by atoms with Crippen LogP contribution in [0.4, 0.5) is 4.39 Å². The van der Waals surface area contributed by atoms with Crippen LogP contribution in [0.15, 0.2) is 22.7 Å². The van der Waals surface area contributed by atoms with Crippen molar-refractivity contribution in [3.63, 3.8) is 0 Å². The van der Waals surface area contributed by atoms with Crippen LogP contribution in [0.3, 0.4) is 0 Å². The number of hydrogen-bond donors (Lipinski definition) is 0. The molecule has 1 unspecified atom stereocenters. The van der Waals surface area contributed by atoms with Crippen molar-refractivity contribution in [2.45, 2.75) is 19.1 Å². The van der Waals surface area contributed by atoms with Crippen molar-refractivity contribution in [3.8, 4) is 0 Å². The van der Waals surface area contributed by atoms with Gasteiger partial charge in [-0.3, -0.25) is 4.90 Å². The number of likely N-dealkylation sites (tertiary alicyclic amines) is 1. The first-order chi connectivity index (χ1) is 8.60. The Morgan fingerprint density at radius 1 is 1.61 bits per heavy atom. The maximum absolute atomic E-state index is 13.1. The van der Waals surface area contributed by atoms with Gasteiger partial charge in [0, 0.05) is 24.1 Å². The van der Waals surface area contributed by atoms with Crippen LogP contribution in [0.2, 0.25) is 0 Å². The Hall–Kier alpha value is -0.940. The molecule has 0 N–H and O–H groups in total. The second kappa shape index (κ2) is 5.80. The molecule has 0 saturated carbocycles. The van der Waals surface area contributed by atoms with Crippen LogP contribution in [-0.2, 0) is 11.3 Å². The van der Waals surface area contributed by atoms with Gasteiger partial charge >= 0.3 is 5.97 Å². The van der Waals surface area contributed by atoms with Crippen LogP contribution in [0.25, 0.3) is 0 Å². The lowest BCUT2D eigenvalue weighted by atomic mass is 10.1. The van der Waals surface area contributed by atoms with Gasteiger partial charge in [-0.15, -0.1) is 0 Å². The number of benzene rings is 1. The summed E-state index contributed by atoms with van der Waals surface area (Å²) >= 11 is 3.36. The Bertz CT molecular complexity index is 453. The van der Waals surface area contributed by atoms with Gasteiger partial charge in [-0.1, -0.05) is 6.07 Å². The van der Waals surface area contributed by atoms with E-state index in [0.29, 0.717) is 29.5 Å². The van der Waals surface area contributed by atoms with E-state index in [1.807, 2.05) is 12.1 Å². The standard InChI is InChI=1S/C13H15BrFNO2/c1-18-13(17)11-3-2-9(6-12(11)14)7-16-5-4-10(15)8-16/h2-3,6,10H,4-5,7-8H2,1H3. The highest BCUT2D eigenvalue weighted by Gasteiger charge is 2.21. The Morgan fingerprint density at radius 2 is 2.39 bits per heavy atom. The van der Waals surface area contributed by atoms with Crippen molar-refractivity contribution in [3.05, 3.63) is 33.8 Å². The van der Waals surface area contributed by atoms with Gasteiger partial charge in [0.25, 0.3) is 0 Å². The maximum atomic E-state index is 13.1. The average Bonchev–Trinajstić information content (AvgIpc) is 2.74. The molecule has 1 aromatic carbocycles. The van der Waals surface area contributed by atoms with E-state index in [9.17, 15) is 9.18 Å². The Labute approximate surface area is 114 Å². The smallest absolute Gasteiger partial charge is 0.338 e. The lowest BCUT2D eigenvalue weighted by molar-refractivity contribution is 0.0599. The third kappa shape index (κ3) is 3.09. The molecule has 5 heteroatoms. The van der Waals surface area contributed by atoms with E-state index in [-0.39, 0.29) is 5.97 Å². The number of methoxy groups -OCH3 is 1. The third-order valence-corrected chi connectivity index (χ3v) is 3.72. The second-order valence-electron chi connectivity index (χ2n) is 4.43. The van der Waals surface area contributed by atoms with Crippen LogP contribution in [0.5, 0.6) is 0 Å². The number of hydrogen-bond acceptors (Lipinski definition) is 3. The molecule has 1 aliphatic rings. The quantitative estimate of drug-likeness (QED) is 0.803. The molecule has 0 radical (unpaired) electrons. The lowest BCUT2D eigenvalue weighted by Crippen LogP contribution is -2.20. The molecule has 0 spiro atoms. The minimum Gasteiger partial charge on any atom is -0.465 e. The first kappa shape index (κ1) is 13.5. The number of carbonyl (C=O) groups excluding carboxylic acids is 1. The van der Waals surface area contributed by atoms with Crippen LogP contribution in [-0.4, -0.2) is 37.2 Å². The highest BCUT2D eigenvalue weighted by Crippen LogP contribution is 2.22.